The molecule has 0 bridgehead atoms. The lowest BCUT2D eigenvalue weighted by molar-refractivity contribution is -0.916. The summed E-state index contributed by atoms with van der Waals surface area (Å²) in [5, 5.41) is 22.2. The van der Waals surface area contributed by atoms with Crippen LogP contribution >= 0.6 is 0 Å². The van der Waals surface area contributed by atoms with Crippen LogP contribution in [0.5, 0.6) is 0 Å². The van der Waals surface area contributed by atoms with Crippen LogP contribution in [0.3, 0.4) is 0 Å². The lowest BCUT2D eigenvalue weighted by atomic mass is 9.92. The third-order valence-electron chi connectivity index (χ3n) is 8.69. The van der Waals surface area contributed by atoms with Gasteiger partial charge < -0.3 is 33.9 Å². The average Bonchev–Trinajstić information content (AvgIpc) is 3.50. The molecule has 0 aromatic carbocycles. The molecule has 2 N–H and O–H groups in total. The predicted molar refractivity (Wildman–Crippen MR) is 177 cm³/mol. The number of quaternary nitrogens is 1. The fourth-order valence-corrected chi connectivity index (χ4v) is 5.38. The van der Waals surface area contributed by atoms with Gasteiger partial charge in [0.2, 0.25) is 0 Å². The van der Waals surface area contributed by atoms with Crippen molar-refractivity contribution in [2.45, 2.75) is 130 Å². The molecule has 0 amide bonds. The summed E-state index contributed by atoms with van der Waals surface area (Å²) in [5.41, 5.74) is 0.706. The fourth-order valence-electron chi connectivity index (χ4n) is 5.38. The van der Waals surface area contributed by atoms with Crippen molar-refractivity contribution in [2.24, 2.45) is 5.92 Å². The van der Waals surface area contributed by atoms with Crippen LogP contribution in [-0.4, -0.2) is 119 Å². The summed E-state index contributed by atoms with van der Waals surface area (Å²) < 4.78 is 27.5. The van der Waals surface area contributed by atoms with Gasteiger partial charge in [0.25, 0.3) is 0 Å². The van der Waals surface area contributed by atoms with Crippen molar-refractivity contribution in [3.05, 3.63) is 24.0 Å². The Morgan fingerprint density at radius 3 is 2.20 bits per heavy atom. The fraction of sp³-hybridized carbons (Fsp3) is 0.882. The number of aromatic nitrogens is 3. The third kappa shape index (κ3) is 13.9. The first-order valence-electron chi connectivity index (χ1n) is 16.5. The summed E-state index contributed by atoms with van der Waals surface area (Å²) in [4.78, 5) is 0. The molecule has 2 heterocycles. The number of rotatable bonds is 21. The van der Waals surface area contributed by atoms with Crippen molar-refractivity contribution < 1.29 is 28.5 Å². The van der Waals surface area contributed by atoms with Crippen LogP contribution < -0.4 is 5.32 Å². The van der Waals surface area contributed by atoms with E-state index in [2.05, 4.69) is 106 Å². The minimum atomic E-state index is -0.418. The Bertz CT molecular complexity index is 1020. The standard InChI is InChI=1S/C34H66N5O5/c1-26(2)27(3)20-32(6,7)44-25-34(10,11)42-18-15-38-24-28(36-37-38)21-33(8,9)41-17-14-31(4,5)43-19-16-39(12,13)29-22-35-23-30(29)40/h24,26,29-30,35,40H,3,14-23,25H2,1-2,4-13H3/q+1. The highest BCUT2D eigenvalue weighted by Crippen LogP contribution is 2.26. The van der Waals surface area contributed by atoms with Gasteiger partial charge in [-0.15, -0.1) is 5.10 Å². The van der Waals surface area contributed by atoms with E-state index in [0.717, 1.165) is 36.1 Å². The Balaban J connectivity index is 1.71. The van der Waals surface area contributed by atoms with Crippen molar-refractivity contribution in [1.29, 1.82) is 0 Å². The lowest BCUT2D eigenvalue weighted by Gasteiger charge is -2.38. The molecule has 44 heavy (non-hydrogen) atoms. The van der Waals surface area contributed by atoms with E-state index in [1.54, 1.807) is 0 Å². The third-order valence-corrected chi connectivity index (χ3v) is 8.69. The molecule has 0 radical (unpaired) electrons. The summed E-state index contributed by atoms with van der Waals surface area (Å²) in [6.45, 7) is 30.5. The molecule has 2 rings (SSSR count). The quantitative estimate of drug-likeness (QED) is 0.153. The Morgan fingerprint density at radius 1 is 0.955 bits per heavy atom. The zero-order chi connectivity index (χ0) is 33.4. The molecule has 2 atom stereocenters. The normalized spacial score (nSPS) is 18.9. The van der Waals surface area contributed by atoms with Crippen molar-refractivity contribution in [1.82, 2.24) is 20.3 Å². The first-order valence-corrected chi connectivity index (χ1v) is 16.5. The minimum Gasteiger partial charge on any atom is -0.386 e. The van der Waals surface area contributed by atoms with Crippen molar-refractivity contribution in [3.8, 4) is 0 Å². The number of hydrogen-bond donors (Lipinski definition) is 2. The van der Waals surface area contributed by atoms with Gasteiger partial charge in [0, 0.05) is 19.2 Å². The van der Waals surface area contributed by atoms with Crippen LogP contribution in [0, 0.1) is 5.92 Å². The maximum absolute atomic E-state index is 10.3. The molecule has 0 aliphatic carbocycles. The maximum atomic E-state index is 10.3. The Kier molecular flexibility index (Phi) is 14.0. The topological polar surface area (TPSA) is 99.9 Å². The molecule has 2 unspecified atom stereocenters. The second-order valence-corrected chi connectivity index (χ2v) is 16.1. The molecule has 10 nitrogen and oxygen atoms in total. The number of likely N-dealkylation sites (N-methyl/N-ethyl adjacent to an activating group) is 1. The van der Waals surface area contributed by atoms with E-state index in [9.17, 15) is 5.11 Å². The van der Waals surface area contributed by atoms with Crippen LogP contribution in [0.15, 0.2) is 18.3 Å². The number of nitrogens with one attached hydrogen (secondary N) is 1. The van der Waals surface area contributed by atoms with Crippen LogP contribution in [-0.2, 0) is 31.9 Å². The van der Waals surface area contributed by atoms with Gasteiger partial charge in [-0.25, -0.2) is 4.68 Å². The summed E-state index contributed by atoms with van der Waals surface area (Å²) in [6.07, 6.45) is 3.94. The van der Waals surface area contributed by atoms with Crippen LogP contribution in [0.2, 0.25) is 0 Å². The highest BCUT2D eigenvalue weighted by atomic mass is 16.6. The van der Waals surface area contributed by atoms with Crippen LogP contribution in [0.4, 0.5) is 0 Å². The van der Waals surface area contributed by atoms with E-state index in [1.807, 2.05) is 10.9 Å². The molecule has 0 saturated carbocycles. The molecule has 1 fully saturated rings. The molecular weight excluding hydrogens is 558 g/mol. The minimum absolute atomic E-state index is 0.196. The number of ether oxygens (including phenoxy) is 4. The van der Waals surface area contributed by atoms with Gasteiger partial charge >= 0.3 is 0 Å². The number of aliphatic hydroxyl groups is 1. The van der Waals surface area contributed by atoms with Gasteiger partial charge in [-0.3, -0.25) is 0 Å². The second kappa shape index (κ2) is 15.9. The second-order valence-electron chi connectivity index (χ2n) is 16.1. The van der Waals surface area contributed by atoms with E-state index >= 15 is 0 Å². The molecule has 0 spiro atoms. The largest absolute Gasteiger partial charge is 0.386 e. The van der Waals surface area contributed by atoms with Gasteiger partial charge in [0.15, 0.2) is 0 Å². The smallest absolute Gasteiger partial charge is 0.129 e. The molecule has 1 saturated heterocycles. The summed E-state index contributed by atoms with van der Waals surface area (Å²) >= 11 is 0. The molecule has 10 heteroatoms. The highest BCUT2D eigenvalue weighted by Gasteiger charge is 2.38. The molecule has 1 aliphatic heterocycles. The maximum Gasteiger partial charge on any atom is 0.129 e. The van der Waals surface area contributed by atoms with Crippen molar-refractivity contribution in [2.75, 3.05) is 60.2 Å². The molecule has 1 aromatic rings. The highest BCUT2D eigenvalue weighted by molar-refractivity contribution is 5.02. The summed E-state index contributed by atoms with van der Waals surface area (Å²) in [5.74, 6) is 0.447. The monoisotopic (exact) mass is 625 g/mol. The molecule has 256 valence electrons. The SMILES string of the molecule is C=C(CC(C)(C)OCC(C)(C)OCCn1cc(CC(C)(C)OCCC(C)(C)OCC[N+](C)(C)C2CNCC2O)nn1)C(C)C. The lowest BCUT2D eigenvalue weighted by Crippen LogP contribution is -2.56. The van der Waals surface area contributed by atoms with Crippen LogP contribution in [0.25, 0.3) is 0 Å². The number of aliphatic hydroxyl groups excluding tert-OH is 1. The number of nitrogens with zero attached hydrogens (tertiary/aromatic N) is 4. The van der Waals surface area contributed by atoms with Gasteiger partial charge in [0.1, 0.15) is 18.7 Å². The molecular formula is C34H66N5O5+. The summed E-state index contributed by atoms with van der Waals surface area (Å²) in [7, 11) is 4.33. The Morgan fingerprint density at radius 2 is 1.59 bits per heavy atom. The van der Waals surface area contributed by atoms with E-state index in [1.165, 1.54) is 5.57 Å². The van der Waals surface area contributed by atoms with Gasteiger partial charge in [-0.1, -0.05) is 31.2 Å². The number of β-amino-alcohol motifs (C(OH)–C–C–N with tert-alkyl or cyclic N) is 1. The van der Waals surface area contributed by atoms with Crippen LogP contribution in [0.1, 0.15) is 87.8 Å². The van der Waals surface area contributed by atoms with Gasteiger partial charge in [-0.05, 0) is 74.1 Å². The zero-order valence-corrected chi connectivity index (χ0v) is 30.2. The van der Waals surface area contributed by atoms with E-state index in [0.29, 0.717) is 51.9 Å². The average molecular weight is 625 g/mol. The first-order chi connectivity index (χ1) is 20.1. The van der Waals surface area contributed by atoms with E-state index in [-0.39, 0.29) is 28.9 Å². The summed E-state index contributed by atoms with van der Waals surface area (Å²) in [6, 6.07) is 0.196. The van der Waals surface area contributed by atoms with Crippen molar-refractivity contribution in [3.63, 3.8) is 0 Å². The van der Waals surface area contributed by atoms with Gasteiger partial charge in [-0.2, -0.15) is 0 Å². The molecule has 1 aliphatic rings. The van der Waals surface area contributed by atoms with E-state index < -0.39 is 5.60 Å². The predicted octanol–water partition coefficient (Wildman–Crippen LogP) is 4.40. The first kappa shape index (κ1) is 38.8. The zero-order valence-electron chi connectivity index (χ0n) is 30.2. The van der Waals surface area contributed by atoms with E-state index in [4.69, 9.17) is 18.9 Å². The number of hydrogen-bond acceptors (Lipinski definition) is 8. The Hall–Kier alpha value is -1.40. The van der Waals surface area contributed by atoms with Crippen molar-refractivity contribution >= 4 is 0 Å². The van der Waals surface area contributed by atoms with Gasteiger partial charge in [0.05, 0.1) is 81.7 Å². The molecule has 1 aromatic heterocycles. The Labute approximate surface area is 268 Å².